The van der Waals surface area contributed by atoms with Gasteiger partial charge in [0.1, 0.15) is 12.7 Å². The number of amides is 1. The Bertz CT molecular complexity index is 318. The molecule has 6 heteroatoms. The third kappa shape index (κ3) is 1.60. The molecule has 13 heavy (non-hydrogen) atoms. The van der Waals surface area contributed by atoms with Gasteiger partial charge in [0.25, 0.3) is 0 Å². The van der Waals surface area contributed by atoms with Crippen molar-refractivity contribution >= 4 is 23.5 Å². The van der Waals surface area contributed by atoms with Crippen molar-refractivity contribution in [3.63, 3.8) is 0 Å². The lowest BCUT2D eigenvalue weighted by Crippen LogP contribution is -2.26. The van der Waals surface area contributed by atoms with Gasteiger partial charge in [-0.2, -0.15) is 0 Å². The lowest BCUT2D eigenvalue weighted by Gasteiger charge is -2.11. The van der Waals surface area contributed by atoms with Crippen LogP contribution < -0.4 is 4.90 Å². The van der Waals surface area contributed by atoms with E-state index in [0.29, 0.717) is 18.9 Å². The number of carbonyl (C=O) groups is 1. The number of anilines is 1. The van der Waals surface area contributed by atoms with Crippen molar-refractivity contribution in [3.05, 3.63) is 12.7 Å². The van der Waals surface area contributed by atoms with Gasteiger partial charge < -0.3 is 0 Å². The smallest absolute Gasteiger partial charge is 0.235 e. The third-order valence-electron chi connectivity index (χ3n) is 1.80. The molecule has 0 bridgehead atoms. The monoisotopic (exact) mass is 198 g/mol. The van der Waals surface area contributed by atoms with Crippen LogP contribution in [-0.2, 0) is 4.79 Å². The number of alkyl halides is 1. The Labute approximate surface area is 79.8 Å². The highest BCUT2D eigenvalue weighted by atomic mass is 35.5. The quantitative estimate of drug-likeness (QED) is 0.606. The van der Waals surface area contributed by atoms with Gasteiger partial charge in [-0.1, -0.05) is 0 Å². The van der Waals surface area contributed by atoms with Crippen molar-refractivity contribution in [2.75, 3.05) is 11.4 Å². The van der Waals surface area contributed by atoms with E-state index >= 15 is 0 Å². The van der Waals surface area contributed by atoms with Gasteiger partial charge in [0.15, 0.2) is 0 Å². The van der Waals surface area contributed by atoms with Gasteiger partial charge in [-0.15, -0.1) is 11.6 Å². The van der Waals surface area contributed by atoms with Crippen molar-refractivity contribution in [2.24, 2.45) is 0 Å². The van der Waals surface area contributed by atoms with E-state index in [-0.39, 0.29) is 11.3 Å². The normalized spacial score (nSPS) is 22.4. The Morgan fingerprint density at radius 2 is 2.15 bits per heavy atom. The van der Waals surface area contributed by atoms with Gasteiger partial charge in [-0.25, -0.2) is 15.0 Å². The molecule has 0 aromatic carbocycles. The summed E-state index contributed by atoms with van der Waals surface area (Å²) in [6.45, 7) is 0.477. The Kier molecular flexibility index (Phi) is 2.10. The zero-order valence-corrected chi connectivity index (χ0v) is 7.48. The summed E-state index contributed by atoms with van der Waals surface area (Å²) in [6.07, 6.45) is 3.07. The molecule has 0 radical (unpaired) electrons. The predicted molar refractivity (Wildman–Crippen MR) is 46.4 cm³/mol. The maximum atomic E-state index is 11.3. The first-order valence-corrected chi connectivity index (χ1v) is 4.27. The molecule has 1 unspecified atom stereocenters. The second-order valence-corrected chi connectivity index (χ2v) is 3.36. The molecule has 1 aliphatic heterocycles. The van der Waals surface area contributed by atoms with Crippen LogP contribution in [0.1, 0.15) is 6.42 Å². The molecule has 68 valence electrons. The molecule has 0 spiro atoms. The zero-order valence-electron chi connectivity index (χ0n) is 6.72. The minimum Gasteiger partial charge on any atom is -0.279 e. The molecule has 1 fully saturated rings. The average Bonchev–Trinajstić information content (AvgIpc) is 2.47. The molecule has 1 aromatic rings. The molecule has 0 saturated carbocycles. The lowest BCUT2D eigenvalue weighted by molar-refractivity contribution is -0.117. The van der Waals surface area contributed by atoms with Crippen LogP contribution in [-0.4, -0.2) is 32.8 Å². The fourth-order valence-electron chi connectivity index (χ4n) is 1.23. The first-order valence-electron chi connectivity index (χ1n) is 3.84. The van der Waals surface area contributed by atoms with Crippen molar-refractivity contribution in [3.8, 4) is 0 Å². The Hall–Kier alpha value is -1.23. The SMILES string of the molecule is O=C1CC(Cl)CN1c1ncncn1. The zero-order chi connectivity index (χ0) is 9.26. The third-order valence-corrected chi connectivity index (χ3v) is 2.09. The lowest BCUT2D eigenvalue weighted by atomic mass is 10.4. The average molecular weight is 199 g/mol. The fourth-order valence-corrected chi connectivity index (χ4v) is 1.50. The van der Waals surface area contributed by atoms with Crippen LogP contribution in [0.4, 0.5) is 5.95 Å². The predicted octanol–water partition coefficient (Wildman–Crippen LogP) is 0.216. The number of rotatable bonds is 1. The van der Waals surface area contributed by atoms with Gasteiger partial charge >= 0.3 is 0 Å². The maximum absolute atomic E-state index is 11.3. The van der Waals surface area contributed by atoms with E-state index in [1.165, 1.54) is 17.6 Å². The fraction of sp³-hybridized carbons (Fsp3) is 0.429. The van der Waals surface area contributed by atoms with Crippen LogP contribution in [0.5, 0.6) is 0 Å². The molecular formula is C7H7ClN4O. The molecule has 2 rings (SSSR count). The maximum Gasteiger partial charge on any atom is 0.235 e. The molecule has 1 aromatic heterocycles. The highest BCUT2D eigenvalue weighted by Gasteiger charge is 2.30. The molecule has 1 atom stereocenters. The first kappa shape index (κ1) is 8.37. The van der Waals surface area contributed by atoms with Crippen LogP contribution in [0, 0.1) is 0 Å². The Morgan fingerprint density at radius 1 is 1.46 bits per heavy atom. The summed E-state index contributed by atoms with van der Waals surface area (Å²) in [5.74, 6) is 0.342. The van der Waals surface area contributed by atoms with Crippen molar-refractivity contribution in [1.82, 2.24) is 15.0 Å². The minimum atomic E-state index is -0.135. The summed E-state index contributed by atoms with van der Waals surface area (Å²) in [5, 5.41) is -0.135. The number of hydrogen-bond acceptors (Lipinski definition) is 4. The van der Waals surface area contributed by atoms with Gasteiger partial charge in [0, 0.05) is 13.0 Å². The summed E-state index contributed by atoms with van der Waals surface area (Å²) in [4.78, 5) is 24.2. The van der Waals surface area contributed by atoms with Crippen LogP contribution in [0.2, 0.25) is 0 Å². The molecule has 5 nitrogen and oxygen atoms in total. The van der Waals surface area contributed by atoms with E-state index in [4.69, 9.17) is 11.6 Å². The van der Waals surface area contributed by atoms with E-state index in [9.17, 15) is 4.79 Å². The molecule has 1 aliphatic rings. The van der Waals surface area contributed by atoms with Gasteiger partial charge in [0.2, 0.25) is 11.9 Å². The number of halogens is 1. The summed E-state index contributed by atoms with van der Waals surface area (Å²) in [7, 11) is 0. The second kappa shape index (κ2) is 3.26. The van der Waals surface area contributed by atoms with Crippen molar-refractivity contribution < 1.29 is 4.79 Å². The van der Waals surface area contributed by atoms with E-state index < -0.39 is 0 Å². The number of hydrogen-bond donors (Lipinski definition) is 0. The van der Waals surface area contributed by atoms with Crippen molar-refractivity contribution in [1.29, 1.82) is 0 Å². The molecule has 0 N–H and O–H groups in total. The van der Waals surface area contributed by atoms with Gasteiger partial charge in [-0.05, 0) is 0 Å². The van der Waals surface area contributed by atoms with Crippen LogP contribution in [0.15, 0.2) is 12.7 Å². The number of nitrogens with zero attached hydrogens (tertiary/aromatic N) is 4. The topological polar surface area (TPSA) is 59.0 Å². The molecule has 0 aliphatic carbocycles. The minimum absolute atomic E-state index is 0.0359. The largest absolute Gasteiger partial charge is 0.279 e. The standard InChI is InChI=1S/C7H7ClN4O/c8-5-1-6(13)12(2-5)7-10-3-9-4-11-7/h3-5H,1-2H2. The summed E-state index contributed by atoms with van der Waals surface area (Å²) in [6, 6.07) is 0. The van der Waals surface area contributed by atoms with E-state index in [1.54, 1.807) is 0 Å². The van der Waals surface area contributed by atoms with Crippen LogP contribution in [0.3, 0.4) is 0 Å². The van der Waals surface area contributed by atoms with E-state index in [0.717, 1.165) is 0 Å². The first-order chi connectivity index (χ1) is 6.27. The molecule has 1 saturated heterocycles. The van der Waals surface area contributed by atoms with Gasteiger partial charge in [-0.3, -0.25) is 9.69 Å². The number of carbonyl (C=O) groups excluding carboxylic acids is 1. The van der Waals surface area contributed by atoms with E-state index in [1.807, 2.05) is 0 Å². The highest BCUT2D eigenvalue weighted by Crippen LogP contribution is 2.19. The van der Waals surface area contributed by atoms with Crippen LogP contribution >= 0.6 is 11.6 Å². The Morgan fingerprint density at radius 3 is 2.69 bits per heavy atom. The summed E-state index contributed by atoms with van der Waals surface area (Å²) < 4.78 is 0. The molecule has 1 amide bonds. The van der Waals surface area contributed by atoms with E-state index in [2.05, 4.69) is 15.0 Å². The van der Waals surface area contributed by atoms with Crippen molar-refractivity contribution in [2.45, 2.75) is 11.8 Å². The number of aromatic nitrogens is 3. The highest BCUT2D eigenvalue weighted by molar-refractivity contribution is 6.24. The van der Waals surface area contributed by atoms with Gasteiger partial charge in [0.05, 0.1) is 5.38 Å². The summed E-state index contributed by atoms with van der Waals surface area (Å²) in [5.41, 5.74) is 0. The molecule has 2 heterocycles. The molecular weight excluding hydrogens is 192 g/mol. The summed E-state index contributed by atoms with van der Waals surface area (Å²) >= 11 is 5.82. The second-order valence-electron chi connectivity index (χ2n) is 2.74. The van der Waals surface area contributed by atoms with Crippen LogP contribution in [0.25, 0.3) is 0 Å². The Balaban J connectivity index is 2.23.